The molecule has 3 heterocycles. The number of carbonyl (C=O) groups is 1. The van der Waals surface area contributed by atoms with Gasteiger partial charge < -0.3 is 19.6 Å². The number of rotatable bonds is 5. The average Bonchev–Trinajstić information content (AvgIpc) is 3.15. The van der Waals surface area contributed by atoms with Crippen LogP contribution in [0.4, 0.5) is 5.69 Å². The van der Waals surface area contributed by atoms with Crippen LogP contribution in [0.1, 0.15) is 16.2 Å². The number of benzene rings is 2. The first kappa shape index (κ1) is 20.1. The number of nitrogens with one attached hydrogen (secondary N) is 2. The molecule has 1 amide bonds. The molecule has 32 heavy (non-hydrogen) atoms. The number of ether oxygens (including phenoxy) is 1. The second-order valence-corrected chi connectivity index (χ2v) is 8.19. The molecule has 4 aromatic rings. The first-order chi connectivity index (χ1) is 15.5. The Balaban J connectivity index is 1.57. The van der Waals surface area contributed by atoms with Gasteiger partial charge in [-0.1, -0.05) is 30.3 Å². The van der Waals surface area contributed by atoms with Crippen LogP contribution in [-0.2, 0) is 0 Å². The Bertz CT molecular complexity index is 1340. The molecule has 2 aromatic carbocycles. The molecule has 1 saturated heterocycles. The van der Waals surface area contributed by atoms with Crippen LogP contribution in [0.25, 0.3) is 10.8 Å². The van der Waals surface area contributed by atoms with Crippen molar-refractivity contribution in [2.45, 2.75) is 13.0 Å². The van der Waals surface area contributed by atoms with Crippen LogP contribution < -0.4 is 15.2 Å². The predicted molar refractivity (Wildman–Crippen MR) is 125 cm³/mol. The van der Waals surface area contributed by atoms with Gasteiger partial charge in [0.2, 0.25) is 0 Å². The van der Waals surface area contributed by atoms with Gasteiger partial charge in [0, 0.05) is 30.4 Å². The summed E-state index contributed by atoms with van der Waals surface area (Å²) in [4.78, 5) is 36.2. The van der Waals surface area contributed by atoms with E-state index in [0.717, 1.165) is 18.8 Å². The van der Waals surface area contributed by atoms with E-state index in [1.54, 1.807) is 17.2 Å². The third kappa shape index (κ3) is 3.56. The number of para-hydroxylation sites is 3. The number of fused-ring (bicyclic) bond motifs is 1. The lowest BCUT2D eigenvalue weighted by Crippen LogP contribution is -2.60. The van der Waals surface area contributed by atoms with Crippen LogP contribution in [0.3, 0.4) is 0 Å². The number of H-pyrrole nitrogens is 2. The van der Waals surface area contributed by atoms with Crippen LogP contribution in [0.2, 0.25) is 0 Å². The monoisotopic (exact) mass is 428 g/mol. The molecule has 7 heteroatoms. The molecule has 0 unspecified atom stereocenters. The molecule has 7 nitrogen and oxygen atoms in total. The zero-order valence-corrected chi connectivity index (χ0v) is 18.0. The number of carbonyl (C=O) groups excluding carboxylic acids is 1. The van der Waals surface area contributed by atoms with E-state index in [2.05, 4.69) is 14.9 Å². The van der Waals surface area contributed by atoms with Gasteiger partial charge in [-0.3, -0.25) is 14.5 Å². The maximum atomic E-state index is 13.8. The molecule has 2 aromatic heterocycles. The van der Waals surface area contributed by atoms with Gasteiger partial charge in [0.15, 0.2) is 5.75 Å². The van der Waals surface area contributed by atoms with E-state index in [4.69, 9.17) is 4.74 Å². The first-order valence-electron chi connectivity index (χ1n) is 10.6. The quantitative estimate of drug-likeness (QED) is 0.505. The Morgan fingerprint density at radius 2 is 1.81 bits per heavy atom. The zero-order valence-electron chi connectivity index (χ0n) is 18.0. The van der Waals surface area contributed by atoms with Gasteiger partial charge in [0.05, 0.1) is 17.1 Å². The molecule has 1 fully saturated rings. The number of likely N-dealkylation sites (tertiary alicyclic amines) is 1. The molecule has 0 spiro atoms. The topological polar surface area (TPSA) is 81.4 Å². The van der Waals surface area contributed by atoms with Crippen LogP contribution in [0, 0.1) is 6.92 Å². The zero-order chi connectivity index (χ0) is 22.2. The molecular weight excluding hydrogens is 404 g/mol. The van der Waals surface area contributed by atoms with Crippen molar-refractivity contribution in [2.24, 2.45) is 0 Å². The fourth-order valence-corrected chi connectivity index (χ4v) is 4.24. The number of pyridine rings is 1. The molecule has 0 radical (unpaired) electrons. The van der Waals surface area contributed by atoms with Crippen LogP contribution in [0.15, 0.2) is 71.7 Å². The fourth-order valence-electron chi connectivity index (χ4n) is 4.24. The van der Waals surface area contributed by atoms with E-state index in [9.17, 15) is 9.59 Å². The second-order valence-electron chi connectivity index (χ2n) is 8.19. The van der Waals surface area contributed by atoms with E-state index in [1.807, 2.05) is 68.6 Å². The lowest BCUT2D eigenvalue weighted by molar-refractivity contribution is 0.0922. The largest absolute Gasteiger partial charge is 0.455 e. The SMILES string of the molecule is Cc1[nH]cc2cc(C(=O)N(c3ccccc3Oc3ccccc3)C3CN(C)C3)[nH]c(=O)c12. The Hall–Kier alpha value is -3.84. The molecule has 1 aliphatic heterocycles. The minimum Gasteiger partial charge on any atom is -0.455 e. The number of aromatic amines is 2. The molecule has 162 valence electrons. The van der Waals surface area contributed by atoms with Crippen molar-refractivity contribution < 1.29 is 9.53 Å². The summed E-state index contributed by atoms with van der Waals surface area (Å²) in [5, 5.41) is 1.29. The van der Waals surface area contributed by atoms with Crippen molar-refractivity contribution in [3.63, 3.8) is 0 Å². The van der Waals surface area contributed by atoms with Gasteiger partial charge >= 0.3 is 0 Å². The van der Waals surface area contributed by atoms with Gasteiger partial charge in [-0.2, -0.15) is 0 Å². The highest BCUT2D eigenvalue weighted by Crippen LogP contribution is 2.35. The Kier molecular flexibility index (Phi) is 5.03. The summed E-state index contributed by atoms with van der Waals surface area (Å²) in [7, 11) is 2.02. The van der Waals surface area contributed by atoms with Gasteiger partial charge in [-0.15, -0.1) is 0 Å². The highest BCUT2D eigenvalue weighted by molar-refractivity contribution is 6.08. The maximum absolute atomic E-state index is 13.8. The summed E-state index contributed by atoms with van der Waals surface area (Å²) in [5.41, 5.74) is 1.43. The standard InChI is InChI=1S/C25H24N4O3/c1-16-23-17(13-26-16)12-20(27-24(23)30)25(31)29(18-14-28(2)15-18)21-10-6-7-11-22(21)32-19-8-4-3-5-9-19/h3-13,18,26H,14-15H2,1-2H3,(H,27,30). The van der Waals surface area contributed by atoms with Gasteiger partial charge in [-0.05, 0) is 44.3 Å². The molecule has 0 atom stereocenters. The number of amides is 1. The summed E-state index contributed by atoms with van der Waals surface area (Å²) in [6.07, 6.45) is 1.75. The average molecular weight is 428 g/mol. The number of nitrogens with zero attached hydrogens (tertiary/aromatic N) is 2. The smallest absolute Gasteiger partial charge is 0.275 e. The highest BCUT2D eigenvalue weighted by atomic mass is 16.5. The van der Waals surface area contributed by atoms with Gasteiger partial charge in [-0.25, -0.2) is 0 Å². The predicted octanol–water partition coefficient (Wildman–Crippen LogP) is 3.92. The molecular formula is C25H24N4O3. The minimum atomic E-state index is -0.274. The van der Waals surface area contributed by atoms with Gasteiger partial charge in [0.1, 0.15) is 11.4 Å². The molecule has 0 saturated carbocycles. The third-order valence-corrected chi connectivity index (χ3v) is 5.84. The van der Waals surface area contributed by atoms with Crippen molar-refractivity contribution in [3.05, 3.63) is 88.6 Å². The maximum Gasteiger partial charge on any atom is 0.275 e. The number of anilines is 1. The number of aromatic nitrogens is 2. The van der Waals surface area contributed by atoms with Crippen LogP contribution in [-0.4, -0.2) is 47.0 Å². The van der Waals surface area contributed by atoms with Crippen LogP contribution in [0.5, 0.6) is 11.5 Å². The van der Waals surface area contributed by atoms with E-state index < -0.39 is 0 Å². The van der Waals surface area contributed by atoms with Gasteiger partial charge in [0.25, 0.3) is 11.5 Å². The highest BCUT2D eigenvalue weighted by Gasteiger charge is 2.36. The summed E-state index contributed by atoms with van der Waals surface area (Å²) < 4.78 is 6.13. The molecule has 2 N–H and O–H groups in total. The number of hydrogen-bond donors (Lipinski definition) is 2. The summed E-state index contributed by atoms with van der Waals surface area (Å²) in [6.45, 7) is 3.31. The number of likely N-dealkylation sites (N-methyl/N-ethyl adjacent to an activating group) is 1. The van der Waals surface area contributed by atoms with Crippen LogP contribution >= 0.6 is 0 Å². The van der Waals surface area contributed by atoms with Crippen molar-refractivity contribution >= 4 is 22.4 Å². The Morgan fingerprint density at radius 1 is 1.09 bits per heavy atom. The lowest BCUT2D eigenvalue weighted by atomic mass is 10.1. The Morgan fingerprint density at radius 3 is 2.56 bits per heavy atom. The minimum absolute atomic E-state index is 0.0276. The van der Waals surface area contributed by atoms with Crippen molar-refractivity contribution in [3.8, 4) is 11.5 Å². The molecule has 0 bridgehead atoms. The summed E-state index contributed by atoms with van der Waals surface area (Å²) >= 11 is 0. The second kappa shape index (κ2) is 8.01. The number of aryl methyl sites for hydroxylation is 1. The van der Waals surface area contributed by atoms with Crippen molar-refractivity contribution in [2.75, 3.05) is 25.0 Å². The summed E-state index contributed by atoms with van der Waals surface area (Å²) in [5.74, 6) is 1.02. The van der Waals surface area contributed by atoms with Crippen molar-refractivity contribution in [1.82, 2.24) is 14.9 Å². The van der Waals surface area contributed by atoms with E-state index >= 15 is 0 Å². The summed E-state index contributed by atoms with van der Waals surface area (Å²) in [6, 6.07) is 18.7. The number of hydrogen-bond acceptors (Lipinski definition) is 4. The Labute approximate surface area is 185 Å². The molecule has 1 aliphatic rings. The van der Waals surface area contributed by atoms with E-state index in [-0.39, 0.29) is 23.2 Å². The normalized spacial score (nSPS) is 14.3. The fraction of sp³-hybridized carbons (Fsp3) is 0.200. The van der Waals surface area contributed by atoms with E-state index in [1.165, 1.54) is 0 Å². The lowest BCUT2D eigenvalue weighted by Gasteiger charge is -2.43. The third-order valence-electron chi connectivity index (χ3n) is 5.84. The van der Waals surface area contributed by atoms with Crippen molar-refractivity contribution in [1.29, 1.82) is 0 Å². The molecule has 0 aliphatic carbocycles. The molecule has 5 rings (SSSR count). The first-order valence-corrected chi connectivity index (χ1v) is 10.6. The van der Waals surface area contributed by atoms with E-state index in [0.29, 0.717) is 28.0 Å².